The van der Waals surface area contributed by atoms with Crippen LogP contribution in [-0.4, -0.2) is 15.7 Å². The fourth-order valence-electron chi connectivity index (χ4n) is 3.41. The van der Waals surface area contributed by atoms with Crippen LogP contribution in [0.3, 0.4) is 0 Å². The van der Waals surface area contributed by atoms with Crippen LogP contribution >= 0.6 is 11.3 Å². The summed E-state index contributed by atoms with van der Waals surface area (Å²) in [4.78, 5) is 19.8. The number of nitrogen functional groups attached to an aromatic ring is 1. The summed E-state index contributed by atoms with van der Waals surface area (Å²) in [5.41, 5.74) is 4.66. The number of rotatable bonds is 4. The van der Waals surface area contributed by atoms with E-state index in [-0.39, 0.29) is 11.7 Å². The van der Waals surface area contributed by atoms with Crippen LogP contribution in [0.4, 0.5) is 5.95 Å². The Kier molecular flexibility index (Phi) is 4.52. The molecule has 0 saturated carbocycles. The van der Waals surface area contributed by atoms with Crippen molar-refractivity contribution in [3.63, 3.8) is 0 Å². The molecule has 0 fully saturated rings. The molecule has 0 spiro atoms. The molecule has 2 aromatic heterocycles. The van der Waals surface area contributed by atoms with E-state index >= 15 is 0 Å². The van der Waals surface area contributed by atoms with Gasteiger partial charge in [-0.3, -0.25) is 14.8 Å². The van der Waals surface area contributed by atoms with Crippen molar-refractivity contribution in [1.29, 1.82) is 0 Å². The summed E-state index contributed by atoms with van der Waals surface area (Å²) in [6, 6.07) is 9.85. The zero-order chi connectivity index (χ0) is 18.3. The molecular weight excluding hydrogens is 348 g/mol. The van der Waals surface area contributed by atoms with Gasteiger partial charge in [-0.05, 0) is 17.0 Å². The van der Waals surface area contributed by atoms with Gasteiger partial charge in [0.25, 0.3) is 5.56 Å². The maximum atomic E-state index is 13.3. The predicted molar refractivity (Wildman–Crippen MR) is 104 cm³/mol. The molecular formula is C19H22N4O2S. The van der Waals surface area contributed by atoms with E-state index in [0.29, 0.717) is 30.4 Å². The lowest BCUT2D eigenvalue weighted by Gasteiger charge is -2.26. The molecule has 0 aliphatic carbocycles. The minimum absolute atomic E-state index is 0.0475. The molecule has 0 amide bonds. The van der Waals surface area contributed by atoms with Crippen molar-refractivity contribution in [2.24, 2.45) is 11.8 Å². The van der Waals surface area contributed by atoms with Crippen molar-refractivity contribution in [3.05, 3.63) is 56.7 Å². The molecule has 1 aliphatic heterocycles. The number of hydrogen-bond donors (Lipinski definition) is 2. The van der Waals surface area contributed by atoms with Gasteiger partial charge in [-0.15, -0.1) is 11.3 Å². The Morgan fingerprint density at radius 3 is 2.85 bits per heavy atom. The molecule has 6 nitrogen and oxygen atoms in total. The van der Waals surface area contributed by atoms with Crippen LogP contribution in [0.25, 0.3) is 10.2 Å². The molecule has 4 rings (SSSR count). The first-order valence-corrected chi connectivity index (χ1v) is 9.57. The van der Waals surface area contributed by atoms with Gasteiger partial charge in [0.1, 0.15) is 4.83 Å². The van der Waals surface area contributed by atoms with Crippen molar-refractivity contribution >= 4 is 27.5 Å². The summed E-state index contributed by atoms with van der Waals surface area (Å²) in [5.74, 6) is 6.44. The Labute approximate surface area is 155 Å². The number of nitrogens with one attached hydrogen (secondary N) is 1. The second-order valence-electron chi connectivity index (χ2n) is 6.94. The summed E-state index contributed by atoms with van der Waals surface area (Å²) in [7, 11) is 0. The van der Waals surface area contributed by atoms with Crippen LogP contribution in [0.1, 0.15) is 29.9 Å². The topological polar surface area (TPSA) is 82.2 Å². The number of thiophene rings is 1. The van der Waals surface area contributed by atoms with E-state index in [1.165, 1.54) is 11.3 Å². The van der Waals surface area contributed by atoms with E-state index < -0.39 is 0 Å². The van der Waals surface area contributed by atoms with E-state index in [0.717, 1.165) is 27.3 Å². The molecule has 0 unspecified atom stereocenters. The van der Waals surface area contributed by atoms with Gasteiger partial charge in [0, 0.05) is 11.3 Å². The maximum absolute atomic E-state index is 13.3. The van der Waals surface area contributed by atoms with E-state index in [2.05, 4.69) is 24.3 Å². The molecule has 1 aromatic carbocycles. The molecule has 136 valence electrons. The van der Waals surface area contributed by atoms with E-state index in [9.17, 15) is 4.79 Å². The number of hydrogen-bond acceptors (Lipinski definition) is 6. The van der Waals surface area contributed by atoms with Crippen LogP contribution in [0.15, 0.2) is 35.1 Å². The highest BCUT2D eigenvalue weighted by Gasteiger charge is 2.28. The van der Waals surface area contributed by atoms with E-state index in [1.54, 1.807) is 4.57 Å². The Morgan fingerprint density at radius 2 is 2.15 bits per heavy atom. The molecule has 3 N–H and O–H groups in total. The van der Waals surface area contributed by atoms with Crippen molar-refractivity contribution in [2.75, 3.05) is 5.43 Å². The van der Waals surface area contributed by atoms with Gasteiger partial charge in [-0.2, -0.15) is 0 Å². The first-order valence-electron chi connectivity index (χ1n) is 8.75. The average Bonchev–Trinajstić information content (AvgIpc) is 3.02. The van der Waals surface area contributed by atoms with Crippen LogP contribution < -0.4 is 16.8 Å². The van der Waals surface area contributed by atoms with E-state index in [1.807, 2.05) is 30.3 Å². The van der Waals surface area contributed by atoms with Gasteiger partial charge in [-0.25, -0.2) is 10.8 Å². The van der Waals surface area contributed by atoms with Crippen LogP contribution in [0, 0.1) is 5.92 Å². The number of aromatic nitrogens is 2. The molecule has 0 radical (unpaired) electrons. The Bertz CT molecular complexity index is 994. The SMILES string of the molecule is CC(C)[C@@H]1Cc2c(sc3nc(NN)n(Cc4ccccc4)c(=O)c23)CO1. The first kappa shape index (κ1) is 17.2. The fourth-order valence-corrected chi connectivity index (χ4v) is 4.52. The highest BCUT2D eigenvalue weighted by atomic mass is 32.1. The van der Waals surface area contributed by atoms with Gasteiger partial charge in [0.2, 0.25) is 5.95 Å². The van der Waals surface area contributed by atoms with Gasteiger partial charge in [-0.1, -0.05) is 44.2 Å². The number of nitrogens with zero attached hydrogens (tertiary/aromatic N) is 2. The molecule has 0 saturated heterocycles. The highest BCUT2D eigenvalue weighted by molar-refractivity contribution is 7.18. The normalized spacial score (nSPS) is 16.8. The second-order valence-corrected chi connectivity index (χ2v) is 8.02. The Morgan fingerprint density at radius 1 is 1.38 bits per heavy atom. The molecule has 3 aromatic rings. The molecule has 26 heavy (non-hydrogen) atoms. The Hall–Kier alpha value is -2.22. The number of hydrazine groups is 1. The fraction of sp³-hybridized carbons (Fsp3) is 0.368. The summed E-state index contributed by atoms with van der Waals surface area (Å²) < 4.78 is 7.57. The van der Waals surface area contributed by atoms with Gasteiger partial charge < -0.3 is 4.74 Å². The minimum atomic E-state index is -0.0475. The Balaban J connectivity index is 1.86. The quantitative estimate of drug-likeness (QED) is 0.545. The van der Waals surface area contributed by atoms with Gasteiger partial charge in [0.05, 0.1) is 24.6 Å². The largest absolute Gasteiger partial charge is 0.372 e. The second kappa shape index (κ2) is 6.83. The molecule has 7 heteroatoms. The number of ether oxygens (including phenoxy) is 1. The maximum Gasteiger partial charge on any atom is 0.264 e. The van der Waals surface area contributed by atoms with Crippen molar-refractivity contribution in [3.8, 4) is 0 Å². The molecule has 1 aliphatic rings. The summed E-state index contributed by atoms with van der Waals surface area (Å²) in [6.45, 7) is 5.26. The average molecular weight is 370 g/mol. The number of nitrogens with two attached hydrogens (primary N) is 1. The summed E-state index contributed by atoms with van der Waals surface area (Å²) >= 11 is 1.53. The third kappa shape index (κ3) is 2.92. The summed E-state index contributed by atoms with van der Waals surface area (Å²) in [6.07, 6.45) is 0.888. The van der Waals surface area contributed by atoms with Crippen molar-refractivity contribution in [2.45, 2.75) is 39.5 Å². The number of benzene rings is 1. The zero-order valence-corrected chi connectivity index (χ0v) is 15.7. The van der Waals surface area contributed by atoms with Crippen LogP contribution in [0.5, 0.6) is 0 Å². The summed E-state index contributed by atoms with van der Waals surface area (Å²) in [5, 5.41) is 0.717. The zero-order valence-electron chi connectivity index (χ0n) is 14.9. The third-order valence-electron chi connectivity index (χ3n) is 4.88. The van der Waals surface area contributed by atoms with Gasteiger partial charge >= 0.3 is 0 Å². The van der Waals surface area contributed by atoms with Crippen LogP contribution in [0.2, 0.25) is 0 Å². The van der Waals surface area contributed by atoms with Crippen molar-refractivity contribution in [1.82, 2.24) is 9.55 Å². The van der Waals surface area contributed by atoms with Crippen LogP contribution in [-0.2, 0) is 24.3 Å². The minimum Gasteiger partial charge on any atom is -0.372 e. The van der Waals surface area contributed by atoms with Crippen molar-refractivity contribution < 1.29 is 4.74 Å². The highest BCUT2D eigenvalue weighted by Crippen LogP contribution is 2.35. The lowest BCUT2D eigenvalue weighted by atomic mass is 9.96. The smallest absolute Gasteiger partial charge is 0.264 e. The molecule has 3 heterocycles. The molecule has 0 bridgehead atoms. The standard InChI is InChI=1S/C19H22N4O2S/c1-11(2)14-8-13-15(10-25-14)26-17-16(13)18(24)23(19(21-17)22-20)9-12-6-4-3-5-7-12/h3-7,11,14H,8-10,20H2,1-2H3,(H,21,22)/t14-/m0/s1. The van der Waals surface area contributed by atoms with E-state index in [4.69, 9.17) is 10.6 Å². The number of anilines is 1. The lowest BCUT2D eigenvalue weighted by Crippen LogP contribution is -2.30. The molecule has 1 atom stereocenters. The lowest BCUT2D eigenvalue weighted by molar-refractivity contribution is 0.00200. The van der Waals surface area contributed by atoms with Gasteiger partial charge in [0.15, 0.2) is 0 Å². The predicted octanol–water partition coefficient (Wildman–Crippen LogP) is 2.89. The monoisotopic (exact) mass is 370 g/mol. The first-order chi connectivity index (χ1) is 12.6. The number of fused-ring (bicyclic) bond motifs is 3. The third-order valence-corrected chi connectivity index (χ3v) is 5.98.